The fraction of sp³-hybridized carbons (Fsp3) is 0.250. The molecule has 0 fully saturated rings. The van der Waals surface area contributed by atoms with Gasteiger partial charge in [-0.3, -0.25) is 0 Å². The Morgan fingerprint density at radius 2 is 1.81 bits per heavy atom. The second-order valence-corrected chi connectivity index (χ2v) is 8.11. The fourth-order valence-corrected chi connectivity index (χ4v) is 4.03. The Morgan fingerprint density at radius 3 is 2.48 bits per heavy atom. The molecule has 3 aromatic rings. The second-order valence-electron chi connectivity index (χ2n) is 6.38. The van der Waals surface area contributed by atoms with Crippen molar-refractivity contribution >= 4 is 16.0 Å². The van der Waals surface area contributed by atoms with Crippen LogP contribution in [0.25, 0.3) is 11.4 Å². The van der Waals surface area contributed by atoms with Gasteiger partial charge in [-0.1, -0.05) is 11.2 Å². The fourth-order valence-electron chi connectivity index (χ4n) is 2.79. The first-order valence-corrected chi connectivity index (χ1v) is 10.5. The van der Waals surface area contributed by atoms with Gasteiger partial charge in [0.25, 0.3) is 0 Å². The highest BCUT2D eigenvalue weighted by atomic mass is 32.2. The lowest BCUT2D eigenvalue weighted by atomic mass is 10.1. The van der Waals surface area contributed by atoms with Gasteiger partial charge in [-0.15, -0.1) is 0 Å². The Morgan fingerprint density at radius 1 is 1.06 bits per heavy atom. The molecular weight excluding hydrogens is 426 g/mol. The average Bonchev–Trinajstić information content (AvgIpc) is 3.26. The molecule has 3 rings (SSSR count). The molecule has 0 saturated heterocycles. The van der Waals surface area contributed by atoms with Crippen LogP contribution in [0.1, 0.15) is 21.8 Å². The summed E-state index contributed by atoms with van der Waals surface area (Å²) in [6, 6.07) is 9.38. The van der Waals surface area contributed by atoms with Crippen molar-refractivity contribution in [3.63, 3.8) is 0 Å². The van der Waals surface area contributed by atoms with E-state index >= 15 is 0 Å². The number of carbonyl (C=O) groups excluding carboxylic acids is 1. The molecule has 1 N–H and O–H groups in total. The number of nitrogens with zero attached hydrogens (tertiary/aromatic N) is 2. The van der Waals surface area contributed by atoms with Gasteiger partial charge < -0.3 is 18.7 Å². The number of sulfonamides is 1. The van der Waals surface area contributed by atoms with E-state index in [9.17, 15) is 13.2 Å². The summed E-state index contributed by atoms with van der Waals surface area (Å²) in [5, 5.41) is 3.88. The number of esters is 1. The summed E-state index contributed by atoms with van der Waals surface area (Å²) in [6.45, 7) is 1.39. The quantitative estimate of drug-likeness (QED) is 0.517. The minimum atomic E-state index is -3.95. The van der Waals surface area contributed by atoms with E-state index in [0.717, 1.165) is 0 Å². The minimum Gasteiger partial charge on any atom is -0.493 e. The van der Waals surface area contributed by atoms with Crippen molar-refractivity contribution in [1.29, 1.82) is 0 Å². The molecule has 1 heterocycles. The highest BCUT2D eigenvalue weighted by Crippen LogP contribution is 2.31. The molecule has 0 amide bonds. The molecule has 0 saturated carbocycles. The lowest BCUT2D eigenvalue weighted by molar-refractivity contribution is 0.0600. The van der Waals surface area contributed by atoms with Crippen molar-refractivity contribution in [3.05, 3.63) is 53.4 Å². The second kappa shape index (κ2) is 9.14. The number of aryl methyl sites for hydroxylation is 1. The normalized spacial score (nSPS) is 11.2. The number of nitrogens with one attached hydrogen (secondary N) is 1. The third-order valence-electron chi connectivity index (χ3n) is 4.42. The van der Waals surface area contributed by atoms with E-state index in [0.29, 0.717) is 22.6 Å². The molecule has 1 aromatic heterocycles. The summed E-state index contributed by atoms with van der Waals surface area (Å²) in [7, 11) is 0.308. The van der Waals surface area contributed by atoms with Crippen LogP contribution in [0.2, 0.25) is 0 Å². The van der Waals surface area contributed by atoms with E-state index in [2.05, 4.69) is 19.6 Å². The third kappa shape index (κ3) is 4.84. The first-order chi connectivity index (χ1) is 14.8. The van der Waals surface area contributed by atoms with Crippen LogP contribution in [0, 0.1) is 6.92 Å². The first-order valence-electron chi connectivity index (χ1n) is 9.02. The smallest absolute Gasteiger partial charge is 0.337 e. The number of ether oxygens (including phenoxy) is 3. The van der Waals surface area contributed by atoms with Crippen LogP contribution in [0.3, 0.4) is 0 Å². The first kappa shape index (κ1) is 22.2. The molecule has 10 nitrogen and oxygen atoms in total. The maximum Gasteiger partial charge on any atom is 0.337 e. The topological polar surface area (TPSA) is 130 Å². The molecular formula is C20H21N3O7S. The van der Waals surface area contributed by atoms with Crippen molar-refractivity contribution in [3.8, 4) is 22.9 Å². The summed E-state index contributed by atoms with van der Waals surface area (Å²) < 4.78 is 48.1. The molecule has 0 aliphatic heterocycles. The monoisotopic (exact) mass is 447 g/mol. The minimum absolute atomic E-state index is 0.0463. The maximum atomic E-state index is 12.7. The molecule has 0 spiro atoms. The van der Waals surface area contributed by atoms with Gasteiger partial charge in [0.15, 0.2) is 11.5 Å². The largest absolute Gasteiger partial charge is 0.493 e. The molecule has 31 heavy (non-hydrogen) atoms. The van der Waals surface area contributed by atoms with E-state index in [-0.39, 0.29) is 28.7 Å². The highest BCUT2D eigenvalue weighted by Gasteiger charge is 2.21. The van der Waals surface area contributed by atoms with Crippen LogP contribution in [0.5, 0.6) is 11.5 Å². The van der Waals surface area contributed by atoms with Crippen LogP contribution in [-0.2, 0) is 21.3 Å². The van der Waals surface area contributed by atoms with Gasteiger partial charge in [-0.25, -0.2) is 17.9 Å². The van der Waals surface area contributed by atoms with Crippen molar-refractivity contribution in [1.82, 2.24) is 14.9 Å². The molecule has 0 bridgehead atoms. The van der Waals surface area contributed by atoms with E-state index in [1.165, 1.54) is 39.5 Å². The summed E-state index contributed by atoms with van der Waals surface area (Å²) in [5.41, 5.74) is 1.20. The predicted octanol–water partition coefficient (Wildman–Crippen LogP) is 2.33. The van der Waals surface area contributed by atoms with E-state index in [4.69, 9.17) is 14.0 Å². The summed E-state index contributed by atoms with van der Waals surface area (Å²) in [6.07, 6.45) is 0. The van der Waals surface area contributed by atoms with Crippen LogP contribution in [0.15, 0.2) is 45.8 Å². The number of rotatable bonds is 8. The Bertz CT molecular complexity index is 1210. The molecule has 0 aliphatic rings. The Kier molecular flexibility index (Phi) is 6.56. The molecule has 0 aliphatic carbocycles. The molecule has 2 aromatic carbocycles. The number of benzene rings is 2. The molecule has 164 valence electrons. The predicted molar refractivity (Wildman–Crippen MR) is 109 cm³/mol. The Balaban J connectivity index is 1.78. The van der Waals surface area contributed by atoms with Gasteiger partial charge >= 0.3 is 5.97 Å². The van der Waals surface area contributed by atoms with Crippen molar-refractivity contribution < 1.29 is 31.9 Å². The van der Waals surface area contributed by atoms with Gasteiger partial charge in [0, 0.05) is 5.56 Å². The summed E-state index contributed by atoms with van der Waals surface area (Å²) in [5.74, 6) is 0.738. The summed E-state index contributed by atoms with van der Waals surface area (Å²) >= 11 is 0. The standard InChI is InChI=1S/C20H21N3O7S/c1-12-5-6-14(20(24)29-4)10-17(12)31(25,26)21-11-18-22-19(23-30-18)13-7-8-15(27-2)16(9-13)28-3/h5-10,21H,11H2,1-4H3. The van der Waals surface area contributed by atoms with Gasteiger partial charge in [0.1, 0.15) is 0 Å². The van der Waals surface area contributed by atoms with Crippen LogP contribution in [0.4, 0.5) is 0 Å². The molecule has 0 atom stereocenters. The summed E-state index contributed by atoms with van der Waals surface area (Å²) in [4.78, 5) is 15.9. The number of methoxy groups -OCH3 is 3. The van der Waals surface area contributed by atoms with Crippen molar-refractivity contribution in [2.75, 3.05) is 21.3 Å². The lowest BCUT2D eigenvalue weighted by Crippen LogP contribution is -2.24. The van der Waals surface area contributed by atoms with Crippen LogP contribution >= 0.6 is 0 Å². The Hall–Kier alpha value is -3.44. The zero-order valence-electron chi connectivity index (χ0n) is 17.3. The van der Waals surface area contributed by atoms with E-state index in [1.807, 2.05) is 0 Å². The van der Waals surface area contributed by atoms with E-state index in [1.54, 1.807) is 25.1 Å². The molecule has 0 unspecified atom stereocenters. The van der Waals surface area contributed by atoms with Crippen molar-refractivity contribution in [2.24, 2.45) is 0 Å². The maximum absolute atomic E-state index is 12.7. The zero-order valence-corrected chi connectivity index (χ0v) is 18.1. The van der Waals surface area contributed by atoms with E-state index < -0.39 is 16.0 Å². The Labute approximate surface area is 179 Å². The number of hydrogen-bond donors (Lipinski definition) is 1. The molecule has 11 heteroatoms. The van der Waals surface area contributed by atoms with Crippen molar-refractivity contribution in [2.45, 2.75) is 18.4 Å². The SMILES string of the molecule is COC(=O)c1ccc(C)c(S(=O)(=O)NCc2nc(-c3ccc(OC)c(OC)c3)no2)c1. The number of hydrogen-bond acceptors (Lipinski definition) is 9. The van der Waals surface area contributed by atoms with Gasteiger partial charge in [-0.2, -0.15) is 4.98 Å². The third-order valence-corrected chi connectivity index (χ3v) is 5.97. The lowest BCUT2D eigenvalue weighted by Gasteiger charge is -2.09. The molecule has 0 radical (unpaired) electrons. The van der Waals surface area contributed by atoms with Crippen LogP contribution < -0.4 is 14.2 Å². The van der Waals surface area contributed by atoms with Gasteiger partial charge in [0.05, 0.1) is 38.3 Å². The average molecular weight is 447 g/mol. The van der Waals surface area contributed by atoms with Gasteiger partial charge in [-0.05, 0) is 42.8 Å². The van der Waals surface area contributed by atoms with Crippen LogP contribution in [-0.4, -0.2) is 45.9 Å². The zero-order chi connectivity index (χ0) is 22.6. The van der Waals surface area contributed by atoms with Gasteiger partial charge in [0.2, 0.25) is 21.7 Å². The number of carbonyl (C=O) groups is 1. The number of aromatic nitrogens is 2. The highest BCUT2D eigenvalue weighted by molar-refractivity contribution is 7.89.